The van der Waals surface area contributed by atoms with Gasteiger partial charge >= 0.3 is 0 Å². The van der Waals surface area contributed by atoms with E-state index in [0.717, 1.165) is 11.8 Å². The van der Waals surface area contributed by atoms with Gasteiger partial charge in [0, 0.05) is 19.0 Å². The Morgan fingerprint density at radius 1 is 1.24 bits per heavy atom. The van der Waals surface area contributed by atoms with E-state index in [1.165, 1.54) is 4.31 Å². The summed E-state index contributed by atoms with van der Waals surface area (Å²) in [4.78, 5) is 11.5. The first-order valence-electron chi connectivity index (χ1n) is 7.38. The Hall–Kier alpha value is -1.20. The number of carbonyl (C=O) groups is 1. The van der Waals surface area contributed by atoms with Crippen LogP contribution >= 0.6 is 0 Å². The predicted octanol–water partition coefficient (Wildman–Crippen LogP) is 2.48. The van der Waals surface area contributed by atoms with Gasteiger partial charge in [-0.15, -0.1) is 0 Å². The summed E-state index contributed by atoms with van der Waals surface area (Å²) in [6.07, 6.45) is 1.60. The normalized spacial score (nSPS) is 24.2. The van der Waals surface area contributed by atoms with E-state index in [0.29, 0.717) is 24.4 Å². The molecule has 0 aliphatic carbocycles. The lowest BCUT2D eigenvalue weighted by molar-refractivity contribution is -0.114. The molecule has 0 saturated carbocycles. The zero-order valence-electron chi connectivity index (χ0n) is 12.8. The number of piperidine rings is 1. The van der Waals surface area contributed by atoms with Crippen LogP contribution < -0.4 is 0 Å². The summed E-state index contributed by atoms with van der Waals surface area (Å²) in [5.41, 5.74) is 1.04. The third-order valence-electron chi connectivity index (χ3n) is 4.37. The average molecular weight is 309 g/mol. The van der Waals surface area contributed by atoms with E-state index < -0.39 is 10.0 Å². The molecule has 1 aliphatic heterocycles. The highest BCUT2D eigenvalue weighted by molar-refractivity contribution is 7.89. The molecule has 1 aliphatic rings. The molecule has 0 spiro atoms. The van der Waals surface area contributed by atoms with Gasteiger partial charge in [-0.1, -0.05) is 31.5 Å². The second kappa shape index (κ2) is 6.28. The molecule has 0 bridgehead atoms. The van der Waals surface area contributed by atoms with Gasteiger partial charge in [-0.3, -0.25) is 0 Å². The van der Waals surface area contributed by atoms with Crippen molar-refractivity contribution in [2.24, 2.45) is 17.8 Å². The van der Waals surface area contributed by atoms with Gasteiger partial charge in [0.1, 0.15) is 6.29 Å². The molecule has 1 heterocycles. The van der Waals surface area contributed by atoms with Crippen LogP contribution in [0.15, 0.2) is 29.2 Å². The van der Waals surface area contributed by atoms with Crippen LogP contribution in [-0.2, 0) is 14.8 Å². The van der Waals surface area contributed by atoms with Crippen LogP contribution in [0.2, 0.25) is 0 Å². The Kier molecular flexibility index (Phi) is 4.84. The van der Waals surface area contributed by atoms with Crippen LogP contribution in [0.1, 0.15) is 25.8 Å². The lowest BCUT2D eigenvalue weighted by atomic mass is 9.80. The molecule has 116 valence electrons. The van der Waals surface area contributed by atoms with Gasteiger partial charge in [0.05, 0.1) is 4.90 Å². The van der Waals surface area contributed by atoms with Gasteiger partial charge in [0.2, 0.25) is 10.0 Å². The van der Waals surface area contributed by atoms with Gasteiger partial charge in [0.15, 0.2) is 0 Å². The standard InChI is InChI=1S/C16H23NO3S/c1-12(2)16-10-17(9-8-14(16)11-18)21(19,20)15-6-4-13(3)5-7-15/h4-7,11-12,14,16H,8-10H2,1-3H3/t14-,16-/m1/s1. The number of carbonyl (C=O) groups excluding carboxylic acids is 1. The zero-order chi connectivity index (χ0) is 15.6. The minimum atomic E-state index is -3.46. The molecule has 1 aromatic rings. The van der Waals surface area contributed by atoms with Crippen molar-refractivity contribution in [3.63, 3.8) is 0 Å². The molecule has 0 aromatic heterocycles. The van der Waals surface area contributed by atoms with Crippen molar-refractivity contribution in [2.75, 3.05) is 13.1 Å². The second-order valence-electron chi connectivity index (χ2n) is 6.17. The molecule has 1 fully saturated rings. The van der Waals surface area contributed by atoms with Crippen molar-refractivity contribution in [1.29, 1.82) is 0 Å². The SMILES string of the molecule is Cc1ccc(S(=O)(=O)N2CC[C@H](C=O)[C@@H](C(C)C)C2)cc1. The largest absolute Gasteiger partial charge is 0.303 e. The molecular formula is C16H23NO3S. The number of aryl methyl sites for hydroxylation is 1. The number of hydrogen-bond donors (Lipinski definition) is 0. The van der Waals surface area contributed by atoms with Crippen molar-refractivity contribution in [1.82, 2.24) is 4.31 Å². The number of nitrogens with zero attached hydrogens (tertiary/aromatic N) is 1. The fourth-order valence-corrected chi connectivity index (χ4v) is 4.41. The van der Waals surface area contributed by atoms with Crippen molar-refractivity contribution in [2.45, 2.75) is 32.1 Å². The molecule has 0 amide bonds. The first-order chi connectivity index (χ1) is 9.86. The van der Waals surface area contributed by atoms with E-state index in [2.05, 4.69) is 0 Å². The number of aldehydes is 1. The summed E-state index contributed by atoms with van der Waals surface area (Å²) >= 11 is 0. The van der Waals surface area contributed by atoms with Crippen molar-refractivity contribution >= 4 is 16.3 Å². The van der Waals surface area contributed by atoms with Gasteiger partial charge < -0.3 is 4.79 Å². The zero-order valence-corrected chi connectivity index (χ0v) is 13.6. The molecule has 2 atom stereocenters. The molecule has 0 radical (unpaired) electrons. The average Bonchev–Trinajstić information content (AvgIpc) is 2.46. The van der Waals surface area contributed by atoms with Gasteiger partial charge in [-0.25, -0.2) is 8.42 Å². The molecule has 21 heavy (non-hydrogen) atoms. The maximum atomic E-state index is 12.7. The first kappa shape index (κ1) is 16.2. The maximum absolute atomic E-state index is 12.7. The summed E-state index contributed by atoms with van der Waals surface area (Å²) in [7, 11) is -3.46. The molecule has 1 saturated heterocycles. The Morgan fingerprint density at radius 3 is 2.38 bits per heavy atom. The highest BCUT2D eigenvalue weighted by atomic mass is 32.2. The van der Waals surface area contributed by atoms with E-state index in [4.69, 9.17) is 0 Å². The Labute approximate surface area is 127 Å². The van der Waals surface area contributed by atoms with Crippen LogP contribution in [0.4, 0.5) is 0 Å². The number of benzene rings is 1. The van der Waals surface area contributed by atoms with Crippen LogP contribution in [0.5, 0.6) is 0 Å². The van der Waals surface area contributed by atoms with Crippen LogP contribution in [0.25, 0.3) is 0 Å². The van der Waals surface area contributed by atoms with Gasteiger partial charge in [-0.2, -0.15) is 4.31 Å². The summed E-state index contributed by atoms with van der Waals surface area (Å²) in [6, 6.07) is 6.93. The summed E-state index contributed by atoms with van der Waals surface area (Å²) in [5, 5.41) is 0. The van der Waals surface area contributed by atoms with Crippen LogP contribution in [0.3, 0.4) is 0 Å². The molecule has 0 unspecified atom stereocenters. The number of sulfonamides is 1. The van der Waals surface area contributed by atoms with Crippen molar-refractivity contribution in [3.05, 3.63) is 29.8 Å². The summed E-state index contributed by atoms with van der Waals surface area (Å²) < 4.78 is 26.9. The second-order valence-corrected chi connectivity index (χ2v) is 8.11. The molecule has 4 nitrogen and oxygen atoms in total. The third kappa shape index (κ3) is 3.35. The predicted molar refractivity (Wildman–Crippen MR) is 82.4 cm³/mol. The minimum absolute atomic E-state index is 0.0329. The summed E-state index contributed by atoms with van der Waals surface area (Å²) in [6.45, 7) is 6.87. The Morgan fingerprint density at radius 2 is 1.86 bits per heavy atom. The van der Waals surface area contributed by atoms with Crippen LogP contribution in [-0.4, -0.2) is 32.1 Å². The third-order valence-corrected chi connectivity index (χ3v) is 6.25. The molecule has 0 N–H and O–H groups in total. The minimum Gasteiger partial charge on any atom is -0.303 e. The van der Waals surface area contributed by atoms with E-state index in [9.17, 15) is 13.2 Å². The van der Waals surface area contributed by atoms with Gasteiger partial charge in [-0.05, 0) is 37.3 Å². The molecule has 5 heteroatoms. The quantitative estimate of drug-likeness (QED) is 0.803. The molecular weight excluding hydrogens is 286 g/mol. The Balaban J connectivity index is 2.25. The fraction of sp³-hybridized carbons (Fsp3) is 0.562. The summed E-state index contributed by atoms with van der Waals surface area (Å²) in [5.74, 6) is 0.349. The topological polar surface area (TPSA) is 54.5 Å². The first-order valence-corrected chi connectivity index (χ1v) is 8.82. The maximum Gasteiger partial charge on any atom is 0.243 e. The van der Waals surface area contributed by atoms with E-state index >= 15 is 0 Å². The molecule has 1 aromatic carbocycles. The van der Waals surface area contributed by atoms with E-state index in [1.807, 2.05) is 32.9 Å². The number of hydrogen-bond acceptors (Lipinski definition) is 3. The van der Waals surface area contributed by atoms with Crippen LogP contribution in [0, 0.1) is 24.7 Å². The van der Waals surface area contributed by atoms with Gasteiger partial charge in [0.25, 0.3) is 0 Å². The highest BCUT2D eigenvalue weighted by Gasteiger charge is 2.36. The van der Waals surface area contributed by atoms with E-state index in [1.54, 1.807) is 12.1 Å². The smallest absolute Gasteiger partial charge is 0.243 e. The molecule has 2 rings (SSSR count). The Bertz CT molecular complexity index is 592. The monoisotopic (exact) mass is 309 g/mol. The van der Waals surface area contributed by atoms with Crippen molar-refractivity contribution in [3.8, 4) is 0 Å². The van der Waals surface area contributed by atoms with Crippen molar-refractivity contribution < 1.29 is 13.2 Å². The number of rotatable bonds is 4. The lowest BCUT2D eigenvalue weighted by Gasteiger charge is -2.37. The fourth-order valence-electron chi connectivity index (χ4n) is 2.92. The van der Waals surface area contributed by atoms with E-state index in [-0.39, 0.29) is 17.8 Å². The lowest BCUT2D eigenvalue weighted by Crippen LogP contribution is -2.45. The highest BCUT2D eigenvalue weighted by Crippen LogP contribution is 2.31.